The first-order valence-electron chi connectivity index (χ1n) is 8.86. The van der Waals surface area contributed by atoms with Crippen LogP contribution in [0.5, 0.6) is 0 Å². The first-order valence-corrected chi connectivity index (χ1v) is 10.7. The maximum atomic E-state index is 12.9. The summed E-state index contributed by atoms with van der Waals surface area (Å²) in [6.07, 6.45) is -4.78. The van der Waals surface area contributed by atoms with E-state index in [-0.39, 0.29) is 28.5 Å². The molecule has 0 saturated heterocycles. The van der Waals surface area contributed by atoms with E-state index in [9.17, 15) is 26.4 Å². The molecule has 5 nitrogen and oxygen atoms in total. The highest BCUT2D eigenvalue weighted by Gasteiger charge is 2.31. The summed E-state index contributed by atoms with van der Waals surface area (Å²) in [5, 5.41) is 0.367. The Morgan fingerprint density at radius 3 is 2.53 bits per heavy atom. The molecule has 1 aromatic heterocycles. The van der Waals surface area contributed by atoms with Crippen molar-refractivity contribution in [3.63, 3.8) is 0 Å². The fourth-order valence-electron chi connectivity index (χ4n) is 2.86. The fourth-order valence-corrected chi connectivity index (χ4v) is 4.27. The van der Waals surface area contributed by atoms with Crippen molar-refractivity contribution < 1.29 is 30.8 Å². The Morgan fingerprint density at radius 2 is 1.87 bits per heavy atom. The molecular formula is C20H17ClF3NO4S. The third-order valence-electron chi connectivity index (χ3n) is 4.50. The van der Waals surface area contributed by atoms with Crippen LogP contribution in [0.3, 0.4) is 0 Å². The molecular weight excluding hydrogens is 443 g/mol. The van der Waals surface area contributed by atoms with Crippen LogP contribution in [0.1, 0.15) is 24.5 Å². The molecule has 1 atom stereocenters. The minimum atomic E-state index is -4.53. The molecule has 10 heteroatoms. The first-order chi connectivity index (χ1) is 14.0. The highest BCUT2D eigenvalue weighted by atomic mass is 35.5. The van der Waals surface area contributed by atoms with Gasteiger partial charge in [0.15, 0.2) is 5.78 Å². The number of benzene rings is 2. The van der Waals surface area contributed by atoms with Crippen molar-refractivity contribution in [1.82, 2.24) is 4.72 Å². The van der Waals surface area contributed by atoms with E-state index in [0.29, 0.717) is 11.0 Å². The number of ketones is 1. The zero-order chi connectivity index (χ0) is 22.1. The second-order valence-electron chi connectivity index (χ2n) is 6.72. The monoisotopic (exact) mass is 459 g/mol. The highest BCUT2D eigenvalue weighted by molar-refractivity contribution is 7.89. The van der Waals surface area contributed by atoms with Crippen molar-refractivity contribution in [2.24, 2.45) is 0 Å². The van der Waals surface area contributed by atoms with Gasteiger partial charge in [-0.3, -0.25) is 4.79 Å². The number of fused-ring (bicyclic) bond motifs is 1. The van der Waals surface area contributed by atoms with Crippen LogP contribution in [0.4, 0.5) is 13.2 Å². The van der Waals surface area contributed by atoms with Gasteiger partial charge in [0.25, 0.3) is 10.0 Å². The third-order valence-corrected chi connectivity index (χ3v) is 6.26. The predicted octanol–water partition coefficient (Wildman–Crippen LogP) is 4.97. The van der Waals surface area contributed by atoms with Gasteiger partial charge >= 0.3 is 6.18 Å². The lowest BCUT2D eigenvalue weighted by Gasteiger charge is -2.13. The van der Waals surface area contributed by atoms with Crippen LogP contribution in [0.15, 0.2) is 58.0 Å². The topological polar surface area (TPSA) is 76.4 Å². The van der Waals surface area contributed by atoms with Gasteiger partial charge in [-0.25, -0.2) is 8.42 Å². The number of sulfonamides is 1. The van der Waals surface area contributed by atoms with Crippen molar-refractivity contribution in [1.29, 1.82) is 0 Å². The van der Waals surface area contributed by atoms with Gasteiger partial charge in [0.1, 0.15) is 5.58 Å². The number of hydrogen-bond acceptors (Lipinski definition) is 4. The number of aryl methyl sites for hydroxylation is 1. The number of Topliss-reactive ketones (excluding diaryl/α,β-unsaturated/α-hetero) is 1. The highest BCUT2D eigenvalue weighted by Crippen LogP contribution is 2.32. The number of halogens is 4. The van der Waals surface area contributed by atoms with E-state index in [4.69, 9.17) is 16.0 Å². The molecule has 0 bridgehead atoms. The van der Waals surface area contributed by atoms with Gasteiger partial charge in [0.2, 0.25) is 5.09 Å². The normalized spacial score (nSPS) is 13.5. The van der Waals surface area contributed by atoms with Crippen LogP contribution in [0, 0.1) is 0 Å². The van der Waals surface area contributed by atoms with Gasteiger partial charge in [-0.05, 0) is 43.2 Å². The Bertz CT molecular complexity index is 1160. The van der Waals surface area contributed by atoms with Crippen LogP contribution in [-0.4, -0.2) is 20.2 Å². The Balaban J connectivity index is 1.67. The molecule has 0 aliphatic heterocycles. The van der Waals surface area contributed by atoms with Gasteiger partial charge in [-0.15, -0.1) is 0 Å². The number of carbonyl (C=O) groups excluding carboxylic acids is 1. The minimum absolute atomic E-state index is 0.0573. The molecule has 0 aliphatic rings. The summed E-state index contributed by atoms with van der Waals surface area (Å²) >= 11 is 5.93. The van der Waals surface area contributed by atoms with Crippen LogP contribution >= 0.6 is 11.6 Å². The molecule has 0 fully saturated rings. The van der Waals surface area contributed by atoms with Gasteiger partial charge in [0, 0.05) is 22.9 Å². The average Bonchev–Trinajstić information content (AvgIpc) is 3.11. The number of alkyl halides is 3. The molecule has 1 heterocycles. The lowest BCUT2D eigenvalue weighted by Crippen LogP contribution is -2.38. The fraction of sp³-hybridized carbons (Fsp3) is 0.250. The summed E-state index contributed by atoms with van der Waals surface area (Å²) in [7, 11) is -4.10. The maximum absolute atomic E-state index is 12.9. The van der Waals surface area contributed by atoms with Crippen LogP contribution in [0.25, 0.3) is 11.0 Å². The zero-order valence-electron chi connectivity index (χ0n) is 15.7. The standard InChI is InChI=1S/C20H17ClF3NO4S/c1-12(25-30(27,28)19-11-14-4-2-3-5-18(14)29-19)17(26)9-6-13-10-15(20(22,23)24)7-8-16(13)21/h2-5,7-8,10-12,25H,6,9H2,1H3/t12-/m0/s1. The lowest BCUT2D eigenvalue weighted by atomic mass is 10.0. The van der Waals surface area contributed by atoms with E-state index in [2.05, 4.69) is 4.72 Å². The minimum Gasteiger partial charge on any atom is -0.443 e. The molecule has 160 valence electrons. The van der Waals surface area contributed by atoms with Crippen molar-refractivity contribution >= 4 is 38.4 Å². The summed E-state index contributed by atoms with van der Waals surface area (Å²) in [6, 6.07) is 9.83. The number of carbonyl (C=O) groups is 1. The molecule has 0 aliphatic carbocycles. The van der Waals surface area contributed by atoms with Crippen LogP contribution in [-0.2, 0) is 27.4 Å². The van der Waals surface area contributed by atoms with E-state index in [1.165, 1.54) is 13.0 Å². The quantitative estimate of drug-likeness (QED) is 0.541. The molecule has 0 spiro atoms. The Morgan fingerprint density at radius 1 is 1.17 bits per heavy atom. The summed E-state index contributed by atoms with van der Waals surface area (Å²) in [4.78, 5) is 12.4. The predicted molar refractivity (Wildman–Crippen MR) is 106 cm³/mol. The van der Waals surface area contributed by atoms with E-state index in [1.807, 2.05) is 0 Å². The number of para-hydroxylation sites is 1. The summed E-state index contributed by atoms with van der Waals surface area (Å²) in [5.41, 5.74) is -0.323. The second-order valence-corrected chi connectivity index (χ2v) is 8.77. The Labute approximate surface area is 175 Å². The largest absolute Gasteiger partial charge is 0.443 e. The van der Waals surface area contributed by atoms with Crippen molar-refractivity contribution in [3.05, 3.63) is 64.7 Å². The first kappa shape index (κ1) is 22.3. The number of nitrogens with one attached hydrogen (secondary N) is 1. The summed E-state index contributed by atoms with van der Waals surface area (Å²) < 4.78 is 71.1. The van der Waals surface area contributed by atoms with Gasteiger partial charge < -0.3 is 4.42 Å². The SMILES string of the molecule is C[C@H](NS(=O)(=O)c1cc2ccccc2o1)C(=O)CCc1cc(C(F)(F)F)ccc1Cl. The molecule has 0 radical (unpaired) electrons. The molecule has 0 unspecified atom stereocenters. The van der Waals surface area contributed by atoms with E-state index >= 15 is 0 Å². The van der Waals surface area contributed by atoms with E-state index in [0.717, 1.165) is 18.2 Å². The van der Waals surface area contributed by atoms with E-state index < -0.39 is 33.6 Å². The third kappa shape index (κ3) is 5.03. The smallest absolute Gasteiger partial charge is 0.416 e. The van der Waals surface area contributed by atoms with Gasteiger partial charge in [-0.1, -0.05) is 29.8 Å². The lowest BCUT2D eigenvalue weighted by molar-refractivity contribution is -0.137. The molecule has 2 aromatic carbocycles. The molecule has 3 rings (SSSR count). The van der Waals surface area contributed by atoms with Gasteiger partial charge in [0.05, 0.1) is 11.6 Å². The average molecular weight is 460 g/mol. The second kappa shape index (κ2) is 8.41. The maximum Gasteiger partial charge on any atom is 0.416 e. The zero-order valence-corrected chi connectivity index (χ0v) is 17.2. The van der Waals surface area contributed by atoms with Gasteiger partial charge in [-0.2, -0.15) is 17.9 Å². The Kier molecular flexibility index (Phi) is 6.26. The molecule has 0 amide bonds. The number of hydrogen-bond donors (Lipinski definition) is 1. The van der Waals surface area contributed by atoms with Crippen LogP contribution < -0.4 is 4.72 Å². The van der Waals surface area contributed by atoms with E-state index in [1.54, 1.807) is 24.3 Å². The van der Waals surface area contributed by atoms with Crippen molar-refractivity contribution in [3.8, 4) is 0 Å². The van der Waals surface area contributed by atoms with Crippen molar-refractivity contribution in [2.75, 3.05) is 0 Å². The molecule has 1 N–H and O–H groups in total. The molecule has 0 saturated carbocycles. The summed E-state index contributed by atoms with van der Waals surface area (Å²) in [6.45, 7) is 1.36. The molecule has 30 heavy (non-hydrogen) atoms. The number of rotatable bonds is 7. The number of furan rings is 1. The molecule has 3 aromatic rings. The summed E-state index contributed by atoms with van der Waals surface area (Å²) in [5.74, 6) is -0.497. The van der Waals surface area contributed by atoms with Crippen LogP contribution in [0.2, 0.25) is 5.02 Å². The Hall–Kier alpha value is -2.36. The van der Waals surface area contributed by atoms with Crippen molar-refractivity contribution in [2.45, 2.75) is 37.1 Å².